The van der Waals surface area contributed by atoms with E-state index < -0.39 is 0 Å². The van der Waals surface area contributed by atoms with Crippen LogP contribution in [0.15, 0.2) is 23.1 Å². The molecule has 5 heteroatoms. The van der Waals surface area contributed by atoms with Crippen molar-refractivity contribution in [2.75, 3.05) is 31.7 Å². The summed E-state index contributed by atoms with van der Waals surface area (Å²) in [6, 6.07) is 5.54. The summed E-state index contributed by atoms with van der Waals surface area (Å²) in [6.07, 6.45) is 6.02. The smallest absolute Gasteiger partial charge is 0.232 e. The minimum Gasteiger partial charge on any atom is -0.497 e. The zero-order chi connectivity index (χ0) is 15.1. The zero-order valence-corrected chi connectivity index (χ0v) is 13.5. The third-order valence-electron chi connectivity index (χ3n) is 3.78. The SMILES string of the molecule is COc1ccc(N)c(SCC(=O)N2CCCCCCC2)c1. The average Bonchev–Trinajstić information content (AvgIpc) is 2.46. The van der Waals surface area contributed by atoms with E-state index in [9.17, 15) is 4.79 Å². The molecule has 1 aromatic rings. The number of thioether (sulfide) groups is 1. The molecule has 116 valence electrons. The van der Waals surface area contributed by atoms with E-state index in [2.05, 4.69) is 0 Å². The fourth-order valence-electron chi connectivity index (χ4n) is 2.49. The van der Waals surface area contributed by atoms with Crippen LogP contribution in [0.2, 0.25) is 0 Å². The molecule has 1 aliphatic rings. The van der Waals surface area contributed by atoms with E-state index in [1.165, 1.54) is 31.0 Å². The number of methoxy groups -OCH3 is 1. The number of nitrogens with zero attached hydrogens (tertiary/aromatic N) is 1. The molecule has 2 N–H and O–H groups in total. The molecule has 0 unspecified atom stereocenters. The Kier molecular flexibility index (Phi) is 6.23. The molecule has 1 aromatic carbocycles. The molecule has 1 heterocycles. The van der Waals surface area contributed by atoms with Crippen LogP contribution in [0.5, 0.6) is 5.75 Å². The van der Waals surface area contributed by atoms with E-state index in [0.717, 1.165) is 36.6 Å². The maximum absolute atomic E-state index is 12.3. The lowest BCUT2D eigenvalue weighted by atomic mass is 10.1. The Labute approximate surface area is 131 Å². The van der Waals surface area contributed by atoms with Gasteiger partial charge in [0.2, 0.25) is 5.91 Å². The number of benzene rings is 1. The minimum absolute atomic E-state index is 0.212. The van der Waals surface area contributed by atoms with Gasteiger partial charge in [0, 0.05) is 23.7 Å². The summed E-state index contributed by atoms with van der Waals surface area (Å²) in [5.74, 6) is 1.42. The molecule has 1 fully saturated rings. The number of ether oxygens (including phenoxy) is 1. The van der Waals surface area contributed by atoms with Crippen molar-refractivity contribution >= 4 is 23.4 Å². The second kappa shape index (κ2) is 8.17. The van der Waals surface area contributed by atoms with Crippen LogP contribution in [0, 0.1) is 0 Å². The average molecular weight is 308 g/mol. The molecule has 4 nitrogen and oxygen atoms in total. The first-order chi connectivity index (χ1) is 10.2. The van der Waals surface area contributed by atoms with Gasteiger partial charge in [-0.05, 0) is 31.0 Å². The summed E-state index contributed by atoms with van der Waals surface area (Å²) < 4.78 is 5.20. The van der Waals surface area contributed by atoms with E-state index in [1.807, 2.05) is 23.1 Å². The number of nitrogens with two attached hydrogens (primary N) is 1. The summed E-state index contributed by atoms with van der Waals surface area (Å²) in [5.41, 5.74) is 6.65. The maximum Gasteiger partial charge on any atom is 0.232 e. The van der Waals surface area contributed by atoms with Crippen LogP contribution in [-0.4, -0.2) is 36.8 Å². The third-order valence-corrected chi connectivity index (χ3v) is 4.84. The molecule has 0 spiro atoms. The molecule has 0 atom stereocenters. The summed E-state index contributed by atoms with van der Waals surface area (Å²) in [5, 5.41) is 0. The lowest BCUT2D eigenvalue weighted by Crippen LogP contribution is -2.35. The van der Waals surface area contributed by atoms with Crippen LogP contribution in [0.1, 0.15) is 32.1 Å². The van der Waals surface area contributed by atoms with Gasteiger partial charge in [-0.15, -0.1) is 11.8 Å². The van der Waals surface area contributed by atoms with Gasteiger partial charge in [-0.25, -0.2) is 0 Å². The van der Waals surface area contributed by atoms with Gasteiger partial charge < -0.3 is 15.4 Å². The minimum atomic E-state index is 0.212. The number of hydrogen-bond donors (Lipinski definition) is 1. The number of amides is 1. The second-order valence-electron chi connectivity index (χ2n) is 5.34. The summed E-state index contributed by atoms with van der Waals surface area (Å²) in [7, 11) is 1.63. The second-order valence-corrected chi connectivity index (χ2v) is 6.36. The predicted octanol–water partition coefficient (Wildman–Crippen LogP) is 3.16. The molecule has 1 amide bonds. The van der Waals surface area contributed by atoms with Crippen molar-refractivity contribution in [3.63, 3.8) is 0 Å². The first-order valence-electron chi connectivity index (χ1n) is 7.55. The number of carbonyl (C=O) groups excluding carboxylic acids is 1. The molecule has 21 heavy (non-hydrogen) atoms. The van der Waals surface area contributed by atoms with Crippen LogP contribution in [0.25, 0.3) is 0 Å². The van der Waals surface area contributed by atoms with Gasteiger partial charge in [-0.2, -0.15) is 0 Å². The van der Waals surface area contributed by atoms with Crippen LogP contribution in [0.3, 0.4) is 0 Å². The Morgan fingerprint density at radius 2 is 1.90 bits per heavy atom. The van der Waals surface area contributed by atoms with Crippen LogP contribution >= 0.6 is 11.8 Å². The van der Waals surface area contributed by atoms with Crippen LogP contribution < -0.4 is 10.5 Å². The third kappa shape index (κ3) is 4.84. The highest BCUT2D eigenvalue weighted by molar-refractivity contribution is 8.00. The van der Waals surface area contributed by atoms with Gasteiger partial charge in [0.25, 0.3) is 0 Å². The highest BCUT2D eigenvalue weighted by Gasteiger charge is 2.15. The number of hydrogen-bond acceptors (Lipinski definition) is 4. The number of rotatable bonds is 4. The molecule has 0 saturated carbocycles. The number of carbonyl (C=O) groups is 1. The summed E-state index contributed by atoms with van der Waals surface area (Å²) in [6.45, 7) is 1.79. The van der Waals surface area contributed by atoms with Crippen molar-refractivity contribution in [3.05, 3.63) is 18.2 Å². The molecule has 0 aliphatic carbocycles. The summed E-state index contributed by atoms with van der Waals surface area (Å²) >= 11 is 1.49. The fraction of sp³-hybridized carbons (Fsp3) is 0.562. The van der Waals surface area contributed by atoms with Gasteiger partial charge >= 0.3 is 0 Å². The molecular formula is C16H24N2O2S. The highest BCUT2D eigenvalue weighted by Crippen LogP contribution is 2.29. The zero-order valence-electron chi connectivity index (χ0n) is 12.6. The van der Waals surface area contributed by atoms with Crippen molar-refractivity contribution in [1.29, 1.82) is 0 Å². The molecule has 0 radical (unpaired) electrons. The number of anilines is 1. The van der Waals surface area contributed by atoms with Gasteiger partial charge in [0.15, 0.2) is 0 Å². The van der Waals surface area contributed by atoms with E-state index in [0.29, 0.717) is 11.4 Å². The summed E-state index contributed by atoms with van der Waals surface area (Å²) in [4.78, 5) is 15.2. The van der Waals surface area contributed by atoms with E-state index >= 15 is 0 Å². The van der Waals surface area contributed by atoms with Crippen molar-refractivity contribution in [2.24, 2.45) is 0 Å². The Hall–Kier alpha value is -1.36. The van der Waals surface area contributed by atoms with Gasteiger partial charge in [0.1, 0.15) is 5.75 Å². The van der Waals surface area contributed by atoms with Crippen molar-refractivity contribution in [1.82, 2.24) is 4.90 Å². The lowest BCUT2D eigenvalue weighted by molar-refractivity contribution is -0.128. The van der Waals surface area contributed by atoms with E-state index in [4.69, 9.17) is 10.5 Å². The van der Waals surface area contributed by atoms with Gasteiger partial charge in [-0.3, -0.25) is 4.79 Å². The van der Waals surface area contributed by atoms with Gasteiger partial charge in [0.05, 0.1) is 12.9 Å². The fourth-order valence-corrected chi connectivity index (χ4v) is 3.39. The Balaban J connectivity index is 1.90. The first kappa shape index (κ1) is 16.0. The Bertz CT molecular complexity index is 471. The number of nitrogen functional groups attached to an aromatic ring is 1. The highest BCUT2D eigenvalue weighted by atomic mass is 32.2. The van der Waals surface area contributed by atoms with E-state index in [1.54, 1.807) is 7.11 Å². The van der Waals surface area contributed by atoms with E-state index in [-0.39, 0.29) is 5.91 Å². The van der Waals surface area contributed by atoms with Crippen molar-refractivity contribution < 1.29 is 9.53 Å². The normalized spacial score (nSPS) is 16.1. The van der Waals surface area contributed by atoms with Crippen LogP contribution in [-0.2, 0) is 4.79 Å². The lowest BCUT2D eigenvalue weighted by Gasteiger charge is -2.24. The standard InChI is InChI=1S/C16H24N2O2S/c1-20-13-7-8-14(17)15(11-13)21-12-16(19)18-9-5-3-2-4-6-10-18/h7-8,11H,2-6,9-10,12,17H2,1H3. The Morgan fingerprint density at radius 1 is 1.24 bits per heavy atom. The quantitative estimate of drug-likeness (QED) is 0.686. The predicted molar refractivity (Wildman–Crippen MR) is 87.8 cm³/mol. The number of likely N-dealkylation sites (tertiary alicyclic amines) is 1. The maximum atomic E-state index is 12.3. The molecule has 1 saturated heterocycles. The topological polar surface area (TPSA) is 55.6 Å². The largest absolute Gasteiger partial charge is 0.497 e. The van der Waals surface area contributed by atoms with Crippen LogP contribution in [0.4, 0.5) is 5.69 Å². The molecule has 0 bridgehead atoms. The monoisotopic (exact) mass is 308 g/mol. The Morgan fingerprint density at radius 3 is 2.57 bits per heavy atom. The van der Waals surface area contributed by atoms with Crippen molar-refractivity contribution in [3.8, 4) is 5.75 Å². The first-order valence-corrected chi connectivity index (χ1v) is 8.53. The molecule has 0 aromatic heterocycles. The molecular weight excluding hydrogens is 284 g/mol. The molecule has 1 aliphatic heterocycles. The van der Waals surface area contributed by atoms with Gasteiger partial charge in [-0.1, -0.05) is 19.3 Å². The molecule has 2 rings (SSSR count). The van der Waals surface area contributed by atoms with Crippen molar-refractivity contribution in [2.45, 2.75) is 37.0 Å².